The van der Waals surface area contributed by atoms with E-state index in [4.69, 9.17) is 0 Å². The van der Waals surface area contributed by atoms with E-state index in [0.29, 0.717) is 5.69 Å². The maximum absolute atomic E-state index is 12.9. The zero-order chi connectivity index (χ0) is 20.3. The molecular weight excluding hydrogens is 365 g/mol. The Morgan fingerprint density at radius 3 is 2.25 bits per heavy atom. The average molecular weight is 389 g/mol. The minimum Gasteiger partial charge on any atom is -0.336 e. The van der Waals surface area contributed by atoms with Crippen LogP contribution in [-0.2, 0) is 19.2 Å². The van der Waals surface area contributed by atoms with Crippen LogP contribution < -0.4 is 5.32 Å². The van der Waals surface area contributed by atoms with Gasteiger partial charge in [-0.25, -0.2) is 4.39 Å². The molecule has 3 rings (SSSR count). The SMILES string of the molecule is CN(CC(=O)Nc1ccc(F)cc1)C(=O)CCN1C(=O)[C@H]2CCCC[C@@H]2C1=O. The molecule has 1 aliphatic heterocycles. The van der Waals surface area contributed by atoms with Crippen molar-refractivity contribution in [3.63, 3.8) is 0 Å². The van der Waals surface area contributed by atoms with E-state index in [1.165, 1.54) is 41.1 Å². The second-order valence-electron chi connectivity index (χ2n) is 7.38. The van der Waals surface area contributed by atoms with Gasteiger partial charge < -0.3 is 10.2 Å². The Bertz CT molecular complexity index is 756. The van der Waals surface area contributed by atoms with Crippen molar-refractivity contribution in [2.75, 3.05) is 25.5 Å². The normalized spacial score (nSPS) is 21.4. The molecule has 4 amide bonds. The molecule has 1 saturated carbocycles. The number of carbonyl (C=O) groups is 4. The molecule has 2 aliphatic rings. The highest BCUT2D eigenvalue weighted by Crippen LogP contribution is 2.37. The summed E-state index contributed by atoms with van der Waals surface area (Å²) >= 11 is 0. The van der Waals surface area contributed by atoms with E-state index in [9.17, 15) is 23.6 Å². The molecule has 0 radical (unpaired) electrons. The predicted molar refractivity (Wildman–Crippen MR) is 99.5 cm³/mol. The molecule has 8 heteroatoms. The number of amides is 4. The molecule has 1 aromatic rings. The second-order valence-corrected chi connectivity index (χ2v) is 7.38. The van der Waals surface area contributed by atoms with Crippen molar-refractivity contribution < 1.29 is 23.6 Å². The summed E-state index contributed by atoms with van der Waals surface area (Å²) in [5.74, 6) is -1.94. The summed E-state index contributed by atoms with van der Waals surface area (Å²) in [6.45, 7) is -0.128. The van der Waals surface area contributed by atoms with Crippen molar-refractivity contribution in [2.24, 2.45) is 11.8 Å². The summed E-state index contributed by atoms with van der Waals surface area (Å²) in [7, 11) is 1.49. The lowest BCUT2D eigenvalue weighted by Gasteiger charge is -2.19. The molecule has 150 valence electrons. The highest BCUT2D eigenvalue weighted by Gasteiger charge is 2.47. The van der Waals surface area contributed by atoms with Gasteiger partial charge in [-0.3, -0.25) is 24.1 Å². The summed E-state index contributed by atoms with van der Waals surface area (Å²) < 4.78 is 12.9. The Balaban J connectivity index is 1.47. The first-order valence-electron chi connectivity index (χ1n) is 9.51. The number of likely N-dealkylation sites (tertiary alicyclic amines) is 1. The number of hydrogen-bond donors (Lipinski definition) is 1. The molecule has 28 heavy (non-hydrogen) atoms. The van der Waals surface area contributed by atoms with Crippen LogP contribution in [0.2, 0.25) is 0 Å². The zero-order valence-corrected chi connectivity index (χ0v) is 15.8. The molecule has 1 N–H and O–H groups in total. The van der Waals surface area contributed by atoms with E-state index in [1.54, 1.807) is 0 Å². The van der Waals surface area contributed by atoms with E-state index in [-0.39, 0.29) is 49.1 Å². The Morgan fingerprint density at radius 1 is 1.11 bits per heavy atom. The number of anilines is 1. The van der Waals surface area contributed by atoms with E-state index in [2.05, 4.69) is 5.32 Å². The Kier molecular flexibility index (Phi) is 6.06. The summed E-state index contributed by atoms with van der Waals surface area (Å²) in [6.07, 6.45) is 3.38. The molecule has 0 unspecified atom stereocenters. The van der Waals surface area contributed by atoms with Gasteiger partial charge in [-0.05, 0) is 37.1 Å². The Hall–Kier alpha value is -2.77. The van der Waals surface area contributed by atoms with Gasteiger partial charge in [0.2, 0.25) is 23.6 Å². The lowest BCUT2D eigenvalue weighted by Crippen LogP contribution is -2.38. The molecule has 0 aromatic heterocycles. The van der Waals surface area contributed by atoms with Gasteiger partial charge in [0.25, 0.3) is 0 Å². The first kappa shape index (κ1) is 20.0. The van der Waals surface area contributed by atoms with Crippen LogP contribution in [0.1, 0.15) is 32.1 Å². The standard InChI is InChI=1S/C20H24FN3O4/c1-23(12-17(25)22-14-8-6-13(21)7-9-14)18(26)10-11-24-19(27)15-4-2-3-5-16(15)20(24)28/h6-9,15-16H,2-5,10-12H2,1H3,(H,22,25)/t15-,16-/m0/s1. The highest BCUT2D eigenvalue weighted by molar-refractivity contribution is 6.05. The number of nitrogens with zero attached hydrogens (tertiary/aromatic N) is 2. The molecule has 2 atom stereocenters. The highest BCUT2D eigenvalue weighted by atomic mass is 19.1. The number of carbonyl (C=O) groups excluding carboxylic acids is 4. The minimum atomic E-state index is -0.415. The number of imide groups is 1. The van der Waals surface area contributed by atoms with Gasteiger partial charge >= 0.3 is 0 Å². The van der Waals surface area contributed by atoms with Gasteiger partial charge in [0, 0.05) is 25.7 Å². The number of nitrogens with one attached hydrogen (secondary N) is 1. The van der Waals surface area contributed by atoms with Crippen LogP contribution in [0.4, 0.5) is 10.1 Å². The Morgan fingerprint density at radius 2 is 1.68 bits per heavy atom. The van der Waals surface area contributed by atoms with Crippen LogP contribution in [0.3, 0.4) is 0 Å². The van der Waals surface area contributed by atoms with Crippen molar-refractivity contribution in [1.82, 2.24) is 9.80 Å². The van der Waals surface area contributed by atoms with Crippen molar-refractivity contribution >= 4 is 29.3 Å². The number of fused-ring (bicyclic) bond motifs is 1. The van der Waals surface area contributed by atoms with Gasteiger partial charge in [-0.2, -0.15) is 0 Å². The molecule has 1 saturated heterocycles. The van der Waals surface area contributed by atoms with Crippen LogP contribution in [0.25, 0.3) is 0 Å². The van der Waals surface area contributed by atoms with Gasteiger partial charge in [-0.1, -0.05) is 12.8 Å². The van der Waals surface area contributed by atoms with E-state index < -0.39 is 11.7 Å². The number of rotatable bonds is 6. The smallest absolute Gasteiger partial charge is 0.243 e. The van der Waals surface area contributed by atoms with Crippen molar-refractivity contribution in [3.05, 3.63) is 30.1 Å². The third kappa shape index (κ3) is 4.37. The molecule has 7 nitrogen and oxygen atoms in total. The van der Waals surface area contributed by atoms with Gasteiger partial charge in [-0.15, -0.1) is 0 Å². The third-order valence-electron chi connectivity index (χ3n) is 5.42. The topological polar surface area (TPSA) is 86.8 Å². The maximum Gasteiger partial charge on any atom is 0.243 e. The summed E-state index contributed by atoms with van der Waals surface area (Å²) in [6, 6.07) is 5.32. The van der Waals surface area contributed by atoms with E-state index >= 15 is 0 Å². The van der Waals surface area contributed by atoms with E-state index in [1.807, 2.05) is 0 Å². The van der Waals surface area contributed by atoms with Crippen LogP contribution >= 0.6 is 0 Å². The summed E-state index contributed by atoms with van der Waals surface area (Å²) in [5.41, 5.74) is 0.433. The Labute approximate surface area is 162 Å². The van der Waals surface area contributed by atoms with Crippen molar-refractivity contribution in [1.29, 1.82) is 0 Å². The van der Waals surface area contributed by atoms with Crippen molar-refractivity contribution in [2.45, 2.75) is 32.1 Å². The third-order valence-corrected chi connectivity index (χ3v) is 5.42. The first-order valence-corrected chi connectivity index (χ1v) is 9.51. The lowest BCUT2D eigenvalue weighted by molar-refractivity contribution is -0.141. The largest absolute Gasteiger partial charge is 0.336 e. The number of halogens is 1. The fraction of sp³-hybridized carbons (Fsp3) is 0.500. The average Bonchev–Trinajstić information content (AvgIpc) is 2.92. The molecule has 0 bridgehead atoms. The lowest BCUT2D eigenvalue weighted by atomic mass is 9.81. The zero-order valence-electron chi connectivity index (χ0n) is 15.8. The van der Waals surface area contributed by atoms with Gasteiger partial charge in [0.1, 0.15) is 5.82 Å². The van der Waals surface area contributed by atoms with Gasteiger partial charge in [0.05, 0.1) is 18.4 Å². The fourth-order valence-corrected chi connectivity index (χ4v) is 3.89. The molecule has 1 aliphatic carbocycles. The predicted octanol–water partition coefficient (Wildman–Crippen LogP) is 1.79. The quantitative estimate of drug-likeness (QED) is 0.752. The maximum atomic E-state index is 12.9. The number of benzene rings is 1. The van der Waals surface area contributed by atoms with Crippen LogP contribution in [-0.4, -0.2) is 53.6 Å². The van der Waals surface area contributed by atoms with E-state index in [0.717, 1.165) is 25.7 Å². The first-order chi connectivity index (χ1) is 13.4. The van der Waals surface area contributed by atoms with Crippen molar-refractivity contribution in [3.8, 4) is 0 Å². The second kappa shape index (κ2) is 8.50. The van der Waals surface area contributed by atoms with Gasteiger partial charge in [0.15, 0.2) is 0 Å². The molecule has 1 aromatic carbocycles. The molecule has 0 spiro atoms. The monoisotopic (exact) mass is 389 g/mol. The van der Waals surface area contributed by atoms with Crippen LogP contribution in [0.15, 0.2) is 24.3 Å². The molecule has 1 heterocycles. The summed E-state index contributed by atoms with van der Waals surface area (Å²) in [5, 5.41) is 2.58. The molecular formula is C20H24FN3O4. The molecule has 2 fully saturated rings. The number of likely N-dealkylation sites (N-methyl/N-ethyl adjacent to an activating group) is 1. The summed E-state index contributed by atoms with van der Waals surface area (Å²) in [4.78, 5) is 51.7. The number of hydrogen-bond acceptors (Lipinski definition) is 4. The fourth-order valence-electron chi connectivity index (χ4n) is 3.89. The van der Waals surface area contributed by atoms with Crippen LogP contribution in [0, 0.1) is 17.7 Å². The minimum absolute atomic E-state index is 0.0166. The van der Waals surface area contributed by atoms with Crippen LogP contribution in [0.5, 0.6) is 0 Å².